The van der Waals surface area contributed by atoms with Gasteiger partial charge in [0.25, 0.3) is 0 Å². The molecule has 0 spiro atoms. The molecule has 0 aromatic heterocycles. The van der Waals surface area contributed by atoms with E-state index in [0.29, 0.717) is 12.5 Å². The van der Waals surface area contributed by atoms with Gasteiger partial charge in [-0.25, -0.2) is 4.99 Å². The number of hydrogen-bond acceptors (Lipinski definition) is 2. The van der Waals surface area contributed by atoms with Crippen molar-refractivity contribution < 1.29 is 4.74 Å². The Morgan fingerprint density at radius 3 is 2.57 bits per heavy atom. The molecule has 6 heteroatoms. The van der Waals surface area contributed by atoms with Crippen LogP contribution in [0, 0.1) is 0 Å². The van der Waals surface area contributed by atoms with Gasteiger partial charge in [0.2, 0.25) is 0 Å². The molecule has 0 aliphatic rings. The number of nitrogens with zero attached hydrogens (tertiary/aromatic N) is 1. The Bertz CT molecular complexity index is 635. The van der Waals surface area contributed by atoms with E-state index in [0.717, 1.165) is 28.8 Å². The summed E-state index contributed by atoms with van der Waals surface area (Å²) < 4.78 is 6.12. The maximum atomic E-state index is 5.88. The standard InChI is InChI=1S/C17H20BrN3O.HI/c1-22-16-8-7-14(11-15(16)18)12-21-17(19)20-10-9-13-5-3-2-4-6-13;/h2-8,11H,9-10,12H2,1H3,(H3,19,20,21);1H. The Hall–Kier alpha value is -1.28. The third-order valence-corrected chi connectivity index (χ3v) is 3.83. The summed E-state index contributed by atoms with van der Waals surface area (Å²) >= 11 is 3.46. The number of methoxy groups -OCH3 is 1. The third kappa shape index (κ3) is 6.78. The molecular formula is C17H21BrIN3O. The predicted octanol–water partition coefficient (Wildman–Crippen LogP) is 3.72. The van der Waals surface area contributed by atoms with Crippen LogP contribution in [0.2, 0.25) is 0 Å². The van der Waals surface area contributed by atoms with Crippen molar-refractivity contribution in [2.24, 2.45) is 10.7 Å². The lowest BCUT2D eigenvalue weighted by molar-refractivity contribution is 0.412. The van der Waals surface area contributed by atoms with Gasteiger partial charge in [-0.3, -0.25) is 0 Å². The van der Waals surface area contributed by atoms with Crippen LogP contribution >= 0.6 is 39.9 Å². The van der Waals surface area contributed by atoms with Crippen molar-refractivity contribution >= 4 is 45.9 Å². The highest BCUT2D eigenvalue weighted by molar-refractivity contribution is 14.0. The molecule has 4 nitrogen and oxygen atoms in total. The highest BCUT2D eigenvalue weighted by Gasteiger charge is 2.01. The van der Waals surface area contributed by atoms with E-state index < -0.39 is 0 Å². The van der Waals surface area contributed by atoms with Crippen LogP contribution in [0.4, 0.5) is 0 Å². The highest BCUT2D eigenvalue weighted by Crippen LogP contribution is 2.25. The summed E-state index contributed by atoms with van der Waals surface area (Å²) in [6.45, 7) is 1.30. The maximum Gasteiger partial charge on any atom is 0.188 e. The Labute approximate surface area is 162 Å². The maximum absolute atomic E-state index is 5.88. The molecule has 0 saturated heterocycles. The molecule has 0 fully saturated rings. The summed E-state index contributed by atoms with van der Waals surface area (Å²) in [5.41, 5.74) is 8.23. The molecule has 3 N–H and O–H groups in total. The van der Waals surface area contributed by atoms with E-state index in [4.69, 9.17) is 10.5 Å². The zero-order chi connectivity index (χ0) is 15.8. The number of benzene rings is 2. The van der Waals surface area contributed by atoms with Gasteiger partial charge in [0.05, 0.1) is 18.1 Å². The molecule has 0 radical (unpaired) electrons. The van der Waals surface area contributed by atoms with Gasteiger partial charge >= 0.3 is 0 Å². The van der Waals surface area contributed by atoms with Crippen LogP contribution in [0.3, 0.4) is 0 Å². The smallest absolute Gasteiger partial charge is 0.188 e. The first-order valence-corrected chi connectivity index (χ1v) is 7.88. The second-order valence-electron chi connectivity index (χ2n) is 4.83. The molecule has 0 atom stereocenters. The number of hydrogen-bond donors (Lipinski definition) is 2. The van der Waals surface area contributed by atoms with Crippen molar-refractivity contribution in [1.82, 2.24) is 5.32 Å². The van der Waals surface area contributed by atoms with Crippen LogP contribution in [0.1, 0.15) is 11.1 Å². The van der Waals surface area contributed by atoms with Gasteiger partial charge < -0.3 is 15.8 Å². The van der Waals surface area contributed by atoms with Crippen LogP contribution in [0.25, 0.3) is 0 Å². The molecule has 0 bridgehead atoms. The second-order valence-corrected chi connectivity index (χ2v) is 5.69. The number of ether oxygens (including phenoxy) is 1. The van der Waals surface area contributed by atoms with Gasteiger partial charge in [-0.05, 0) is 45.6 Å². The zero-order valence-electron chi connectivity index (χ0n) is 13.0. The molecule has 0 saturated carbocycles. The largest absolute Gasteiger partial charge is 0.496 e. The van der Waals surface area contributed by atoms with Crippen LogP contribution in [0.5, 0.6) is 5.75 Å². The Morgan fingerprint density at radius 1 is 1.17 bits per heavy atom. The molecule has 0 heterocycles. The Kier molecular flexibility index (Phi) is 9.01. The van der Waals surface area contributed by atoms with Crippen molar-refractivity contribution in [1.29, 1.82) is 0 Å². The lowest BCUT2D eigenvalue weighted by Crippen LogP contribution is -2.33. The molecular weight excluding hydrogens is 469 g/mol. The molecule has 23 heavy (non-hydrogen) atoms. The van der Waals surface area contributed by atoms with E-state index in [9.17, 15) is 0 Å². The number of halogens is 2. The molecule has 0 unspecified atom stereocenters. The first kappa shape index (κ1) is 19.8. The predicted molar refractivity (Wildman–Crippen MR) is 110 cm³/mol. The van der Waals surface area contributed by atoms with Crippen LogP contribution in [-0.4, -0.2) is 19.6 Å². The number of guanidine groups is 1. The van der Waals surface area contributed by atoms with Crippen LogP contribution in [-0.2, 0) is 13.0 Å². The van der Waals surface area contributed by atoms with Crippen molar-refractivity contribution in [2.75, 3.05) is 13.7 Å². The fourth-order valence-electron chi connectivity index (χ4n) is 2.02. The van der Waals surface area contributed by atoms with E-state index in [1.165, 1.54) is 5.56 Å². The van der Waals surface area contributed by atoms with E-state index in [1.54, 1.807) is 7.11 Å². The molecule has 0 amide bonds. The quantitative estimate of drug-likeness (QED) is 0.369. The first-order valence-electron chi connectivity index (χ1n) is 7.09. The summed E-state index contributed by atoms with van der Waals surface area (Å²) in [5, 5.41) is 3.13. The topological polar surface area (TPSA) is 59.6 Å². The van der Waals surface area contributed by atoms with Gasteiger partial charge in [-0.2, -0.15) is 0 Å². The average Bonchev–Trinajstić information content (AvgIpc) is 2.54. The van der Waals surface area contributed by atoms with Gasteiger partial charge in [-0.15, -0.1) is 24.0 Å². The summed E-state index contributed by atoms with van der Waals surface area (Å²) in [7, 11) is 1.65. The van der Waals surface area contributed by atoms with E-state index >= 15 is 0 Å². The summed E-state index contributed by atoms with van der Waals surface area (Å²) in [4.78, 5) is 4.34. The third-order valence-electron chi connectivity index (χ3n) is 3.21. The van der Waals surface area contributed by atoms with Crippen molar-refractivity contribution in [2.45, 2.75) is 13.0 Å². The van der Waals surface area contributed by atoms with Crippen LogP contribution in [0.15, 0.2) is 58.0 Å². The first-order chi connectivity index (χ1) is 10.7. The molecule has 2 rings (SSSR count). The zero-order valence-corrected chi connectivity index (χ0v) is 16.9. The van der Waals surface area contributed by atoms with Gasteiger partial charge in [-0.1, -0.05) is 36.4 Å². The molecule has 124 valence electrons. The molecule has 0 aliphatic carbocycles. The number of nitrogens with two attached hydrogens (primary N) is 1. The summed E-state index contributed by atoms with van der Waals surface area (Å²) in [5.74, 6) is 1.27. The molecule has 2 aromatic carbocycles. The van der Waals surface area contributed by atoms with Gasteiger partial charge in [0.1, 0.15) is 5.75 Å². The number of nitrogens with one attached hydrogen (secondary N) is 1. The van der Waals surface area contributed by atoms with E-state index in [-0.39, 0.29) is 24.0 Å². The lowest BCUT2D eigenvalue weighted by atomic mass is 10.1. The van der Waals surface area contributed by atoms with Gasteiger partial charge in [0, 0.05) is 6.54 Å². The fraction of sp³-hybridized carbons (Fsp3) is 0.235. The molecule has 2 aromatic rings. The van der Waals surface area contributed by atoms with Gasteiger partial charge in [0.15, 0.2) is 5.96 Å². The van der Waals surface area contributed by atoms with E-state index in [1.807, 2.05) is 36.4 Å². The normalized spacial score (nSPS) is 10.8. The minimum atomic E-state index is 0. The SMILES string of the molecule is COc1ccc(CN=C(N)NCCc2ccccc2)cc1Br.I. The average molecular weight is 490 g/mol. The highest BCUT2D eigenvalue weighted by atomic mass is 127. The minimum absolute atomic E-state index is 0. The Balaban J connectivity index is 0.00000264. The minimum Gasteiger partial charge on any atom is -0.496 e. The van der Waals surface area contributed by atoms with Crippen molar-refractivity contribution in [3.05, 3.63) is 64.1 Å². The summed E-state index contributed by atoms with van der Waals surface area (Å²) in [6, 6.07) is 16.2. The lowest BCUT2D eigenvalue weighted by Gasteiger charge is -2.07. The van der Waals surface area contributed by atoms with Crippen molar-refractivity contribution in [3.63, 3.8) is 0 Å². The van der Waals surface area contributed by atoms with Crippen molar-refractivity contribution in [3.8, 4) is 5.75 Å². The van der Waals surface area contributed by atoms with Crippen LogP contribution < -0.4 is 15.8 Å². The summed E-state index contributed by atoms with van der Waals surface area (Å²) in [6.07, 6.45) is 0.922. The van der Waals surface area contributed by atoms with E-state index in [2.05, 4.69) is 38.4 Å². The Morgan fingerprint density at radius 2 is 1.91 bits per heavy atom. The fourth-order valence-corrected chi connectivity index (χ4v) is 2.61. The number of rotatable bonds is 6. The number of aliphatic imine (C=N–C) groups is 1. The second kappa shape index (κ2) is 10.5. The molecule has 0 aliphatic heterocycles. The monoisotopic (exact) mass is 489 g/mol.